The number of aryl methyl sites for hydroxylation is 2. The average Bonchev–Trinajstić information content (AvgIpc) is 3.05. The zero-order valence-electron chi connectivity index (χ0n) is 13.4. The molecule has 0 aliphatic heterocycles. The molecule has 1 unspecified atom stereocenters. The summed E-state index contributed by atoms with van der Waals surface area (Å²) < 4.78 is 5.16. The number of hydrogen-bond acceptors (Lipinski definition) is 3. The summed E-state index contributed by atoms with van der Waals surface area (Å²) in [7, 11) is 1.98. The second-order valence-corrected chi connectivity index (χ2v) is 6.22. The lowest BCUT2D eigenvalue weighted by Gasteiger charge is -2.21. The van der Waals surface area contributed by atoms with Crippen LogP contribution >= 0.6 is 15.9 Å². The van der Waals surface area contributed by atoms with Crippen LogP contribution in [0.3, 0.4) is 0 Å². The summed E-state index contributed by atoms with van der Waals surface area (Å²) in [4.78, 5) is 0. The Morgan fingerprint density at radius 3 is 2.57 bits per heavy atom. The van der Waals surface area contributed by atoms with Crippen molar-refractivity contribution in [2.24, 2.45) is 0 Å². The van der Waals surface area contributed by atoms with Crippen LogP contribution in [0, 0.1) is 0 Å². The van der Waals surface area contributed by atoms with Crippen LogP contribution < -0.4 is 5.32 Å². The Hall–Kier alpha value is -1.14. The molecule has 1 N–H and O–H groups in total. The van der Waals surface area contributed by atoms with Crippen LogP contribution in [0.25, 0.3) is 0 Å². The SMILES string of the molecule is CCc1cc(C(NC)c2c(Br)cnn2C(C)C)n(CC)n1. The molecule has 0 aliphatic rings. The van der Waals surface area contributed by atoms with Gasteiger partial charge in [-0.3, -0.25) is 9.36 Å². The van der Waals surface area contributed by atoms with Crippen molar-refractivity contribution in [3.8, 4) is 0 Å². The van der Waals surface area contributed by atoms with Gasteiger partial charge in [0.05, 0.1) is 33.8 Å². The standard InChI is InChI=1S/C15H24BrN5/c1-6-11-8-13(20(7-2)19-11)14(17-5)15-12(16)9-18-21(15)10(3)4/h8-10,14,17H,6-7H2,1-5H3. The Morgan fingerprint density at radius 1 is 1.33 bits per heavy atom. The Kier molecular flexibility index (Phi) is 5.22. The highest BCUT2D eigenvalue weighted by atomic mass is 79.9. The van der Waals surface area contributed by atoms with E-state index in [1.54, 1.807) is 0 Å². The lowest BCUT2D eigenvalue weighted by Crippen LogP contribution is -2.25. The second-order valence-electron chi connectivity index (χ2n) is 5.37. The molecule has 0 spiro atoms. The van der Waals surface area contributed by atoms with E-state index in [1.165, 1.54) is 5.69 Å². The van der Waals surface area contributed by atoms with E-state index in [-0.39, 0.29) is 6.04 Å². The van der Waals surface area contributed by atoms with Crippen LogP contribution in [0.1, 0.15) is 56.9 Å². The van der Waals surface area contributed by atoms with Gasteiger partial charge in [-0.2, -0.15) is 10.2 Å². The summed E-state index contributed by atoms with van der Waals surface area (Å²) in [6.07, 6.45) is 2.81. The molecular weight excluding hydrogens is 330 g/mol. The Balaban J connectivity index is 2.54. The van der Waals surface area contributed by atoms with Gasteiger partial charge in [-0.25, -0.2) is 0 Å². The van der Waals surface area contributed by atoms with Gasteiger partial charge in [0.2, 0.25) is 0 Å². The molecule has 0 saturated heterocycles. The zero-order chi connectivity index (χ0) is 15.6. The van der Waals surface area contributed by atoms with E-state index < -0.39 is 0 Å². The Morgan fingerprint density at radius 2 is 2.05 bits per heavy atom. The molecule has 0 aliphatic carbocycles. The van der Waals surface area contributed by atoms with Crippen molar-refractivity contribution in [3.05, 3.63) is 33.8 Å². The van der Waals surface area contributed by atoms with Crippen LogP contribution in [0.15, 0.2) is 16.7 Å². The molecule has 0 radical (unpaired) electrons. The van der Waals surface area contributed by atoms with Crippen molar-refractivity contribution in [3.63, 3.8) is 0 Å². The highest BCUT2D eigenvalue weighted by Gasteiger charge is 2.25. The van der Waals surface area contributed by atoms with Crippen molar-refractivity contribution in [1.82, 2.24) is 24.9 Å². The van der Waals surface area contributed by atoms with Crippen molar-refractivity contribution >= 4 is 15.9 Å². The van der Waals surface area contributed by atoms with Gasteiger partial charge in [0, 0.05) is 12.6 Å². The van der Waals surface area contributed by atoms with Crippen LogP contribution in [-0.2, 0) is 13.0 Å². The third kappa shape index (κ3) is 3.06. The smallest absolute Gasteiger partial charge is 0.0928 e. The predicted molar refractivity (Wildman–Crippen MR) is 88.5 cm³/mol. The molecule has 116 valence electrons. The zero-order valence-corrected chi connectivity index (χ0v) is 15.0. The van der Waals surface area contributed by atoms with Gasteiger partial charge in [-0.05, 0) is 56.2 Å². The molecule has 6 heteroatoms. The summed E-state index contributed by atoms with van der Waals surface area (Å²) in [5.41, 5.74) is 3.45. The number of halogens is 1. The van der Waals surface area contributed by atoms with E-state index in [0.717, 1.165) is 28.8 Å². The van der Waals surface area contributed by atoms with Gasteiger partial charge in [0.15, 0.2) is 0 Å². The highest BCUT2D eigenvalue weighted by Crippen LogP contribution is 2.30. The van der Waals surface area contributed by atoms with Gasteiger partial charge in [0.1, 0.15) is 0 Å². The normalized spacial score (nSPS) is 13.1. The number of nitrogens with one attached hydrogen (secondary N) is 1. The predicted octanol–water partition coefficient (Wildman–Crippen LogP) is 3.31. The molecule has 2 rings (SSSR count). The van der Waals surface area contributed by atoms with Gasteiger partial charge >= 0.3 is 0 Å². The fourth-order valence-corrected chi connectivity index (χ4v) is 3.10. The summed E-state index contributed by atoms with van der Waals surface area (Å²) in [5, 5.41) is 12.6. The monoisotopic (exact) mass is 353 g/mol. The van der Waals surface area contributed by atoms with E-state index >= 15 is 0 Å². The first-order valence-electron chi connectivity index (χ1n) is 7.50. The van der Waals surface area contributed by atoms with Crippen LogP contribution in [0.5, 0.6) is 0 Å². The number of rotatable bonds is 6. The van der Waals surface area contributed by atoms with E-state index in [1.807, 2.05) is 13.2 Å². The van der Waals surface area contributed by atoms with Crippen LogP contribution in [-0.4, -0.2) is 26.6 Å². The van der Waals surface area contributed by atoms with Gasteiger partial charge in [0.25, 0.3) is 0 Å². The molecule has 5 nitrogen and oxygen atoms in total. The first-order valence-corrected chi connectivity index (χ1v) is 8.29. The van der Waals surface area contributed by atoms with Crippen molar-refractivity contribution in [2.75, 3.05) is 7.05 Å². The average molecular weight is 354 g/mol. The largest absolute Gasteiger partial charge is 0.307 e. The molecule has 2 aromatic heterocycles. The van der Waals surface area contributed by atoms with Crippen molar-refractivity contribution in [1.29, 1.82) is 0 Å². The first-order chi connectivity index (χ1) is 10.0. The van der Waals surface area contributed by atoms with Crippen molar-refractivity contribution < 1.29 is 0 Å². The lowest BCUT2D eigenvalue weighted by molar-refractivity contribution is 0.467. The minimum Gasteiger partial charge on any atom is -0.307 e. The van der Waals surface area contributed by atoms with Gasteiger partial charge in [-0.15, -0.1) is 0 Å². The summed E-state index contributed by atoms with van der Waals surface area (Å²) in [5.74, 6) is 0. The lowest BCUT2D eigenvalue weighted by atomic mass is 10.1. The maximum Gasteiger partial charge on any atom is 0.0928 e. The summed E-state index contributed by atoms with van der Waals surface area (Å²) in [6, 6.07) is 2.57. The maximum atomic E-state index is 4.66. The van der Waals surface area contributed by atoms with E-state index in [2.05, 4.69) is 74.6 Å². The molecule has 0 saturated carbocycles. The fraction of sp³-hybridized carbons (Fsp3) is 0.600. The molecule has 0 aromatic carbocycles. The van der Waals surface area contributed by atoms with Crippen molar-refractivity contribution in [2.45, 2.75) is 52.7 Å². The molecule has 0 fully saturated rings. The second kappa shape index (κ2) is 6.75. The quantitative estimate of drug-likeness (QED) is 0.866. The first kappa shape index (κ1) is 16.2. The maximum absolute atomic E-state index is 4.66. The molecule has 0 amide bonds. The molecule has 1 atom stereocenters. The molecule has 2 aromatic rings. The third-order valence-electron chi connectivity index (χ3n) is 3.66. The number of aromatic nitrogens is 4. The van der Waals surface area contributed by atoms with Crippen LogP contribution in [0.2, 0.25) is 0 Å². The Bertz CT molecular complexity index is 599. The Labute approximate surface area is 134 Å². The van der Waals surface area contributed by atoms with Gasteiger partial charge in [-0.1, -0.05) is 6.92 Å². The molecular formula is C15H24BrN5. The van der Waals surface area contributed by atoms with E-state index in [4.69, 9.17) is 0 Å². The minimum atomic E-state index is 0.0667. The molecule has 21 heavy (non-hydrogen) atoms. The molecule has 2 heterocycles. The van der Waals surface area contributed by atoms with Gasteiger partial charge < -0.3 is 5.32 Å². The van der Waals surface area contributed by atoms with E-state index in [9.17, 15) is 0 Å². The number of hydrogen-bond donors (Lipinski definition) is 1. The van der Waals surface area contributed by atoms with E-state index in [0.29, 0.717) is 6.04 Å². The third-order valence-corrected chi connectivity index (χ3v) is 4.27. The fourth-order valence-electron chi connectivity index (χ4n) is 2.60. The topological polar surface area (TPSA) is 47.7 Å². The summed E-state index contributed by atoms with van der Waals surface area (Å²) >= 11 is 3.64. The summed E-state index contributed by atoms with van der Waals surface area (Å²) in [6.45, 7) is 9.40. The molecule has 0 bridgehead atoms. The highest BCUT2D eigenvalue weighted by molar-refractivity contribution is 9.10. The number of nitrogens with zero attached hydrogens (tertiary/aromatic N) is 4. The minimum absolute atomic E-state index is 0.0667. The van der Waals surface area contributed by atoms with Crippen LogP contribution in [0.4, 0.5) is 0 Å².